The van der Waals surface area contributed by atoms with Gasteiger partial charge in [-0.15, -0.1) is 0 Å². The quantitative estimate of drug-likeness (QED) is 0.225. The third kappa shape index (κ3) is 9.58. The number of nitrogens with two attached hydrogens (primary N) is 1. The number of nitrogens with zero attached hydrogens (tertiary/aromatic N) is 2. The molecule has 0 spiro atoms. The lowest BCUT2D eigenvalue weighted by molar-refractivity contribution is -0.141. The van der Waals surface area contributed by atoms with Crippen LogP contribution >= 0.6 is 11.9 Å². The van der Waals surface area contributed by atoms with Crippen LogP contribution in [0.4, 0.5) is 4.79 Å². The van der Waals surface area contributed by atoms with E-state index >= 15 is 0 Å². The molecule has 43 heavy (non-hydrogen) atoms. The summed E-state index contributed by atoms with van der Waals surface area (Å²) < 4.78 is 2.39. The molecule has 6 amide bonds. The molecule has 0 radical (unpaired) electrons. The Kier molecular flexibility index (Phi) is 12.1. The highest BCUT2D eigenvalue weighted by Gasteiger charge is 2.47. The van der Waals surface area contributed by atoms with Crippen LogP contribution in [0.2, 0.25) is 0 Å². The van der Waals surface area contributed by atoms with Gasteiger partial charge < -0.3 is 26.2 Å². The van der Waals surface area contributed by atoms with E-state index in [4.69, 9.17) is 5.73 Å². The molecule has 1 aliphatic carbocycles. The largest absolute Gasteiger partial charge is 0.362 e. The van der Waals surface area contributed by atoms with Gasteiger partial charge in [0.05, 0.1) is 0 Å². The Hall–Kier alpha value is -2.83. The van der Waals surface area contributed by atoms with Crippen LogP contribution in [-0.2, 0) is 24.0 Å². The molecule has 5 N–H and O–H groups in total. The molecule has 2 aliphatic rings. The van der Waals surface area contributed by atoms with Crippen molar-refractivity contribution in [3.05, 3.63) is 0 Å². The Morgan fingerprint density at radius 2 is 1.49 bits per heavy atom. The van der Waals surface area contributed by atoms with Crippen molar-refractivity contribution in [2.75, 3.05) is 13.6 Å². The Labute approximate surface area is 260 Å². The van der Waals surface area contributed by atoms with Crippen LogP contribution in [0.3, 0.4) is 0 Å². The zero-order valence-electron chi connectivity index (χ0n) is 27.4. The summed E-state index contributed by atoms with van der Waals surface area (Å²) in [5.74, 6) is -1.85. The fraction of sp³-hybridized carbons (Fsp3) is 0.800. The van der Waals surface area contributed by atoms with Gasteiger partial charge in [-0.05, 0) is 47.8 Å². The van der Waals surface area contributed by atoms with E-state index in [0.717, 1.165) is 19.3 Å². The van der Waals surface area contributed by atoms with Gasteiger partial charge in [-0.25, -0.2) is 4.79 Å². The van der Waals surface area contributed by atoms with Gasteiger partial charge in [0.25, 0.3) is 16.9 Å². The van der Waals surface area contributed by atoms with E-state index in [1.165, 1.54) is 4.90 Å². The molecule has 5 atom stereocenters. The number of hydrogen-bond acceptors (Lipinski definition) is 7. The fourth-order valence-electron chi connectivity index (χ4n) is 5.85. The second-order valence-electron chi connectivity index (χ2n) is 14.4. The number of likely N-dealkylation sites (N-methyl/N-ethyl adjacent to an activating group) is 1. The van der Waals surface area contributed by atoms with Crippen molar-refractivity contribution in [1.82, 2.24) is 25.2 Å². The summed E-state index contributed by atoms with van der Waals surface area (Å²) in [5, 5.41) is 4.62. The first-order valence-electron chi connectivity index (χ1n) is 15.1. The molecule has 2 rings (SSSR count). The Morgan fingerprint density at radius 1 is 0.953 bits per heavy atom. The van der Waals surface area contributed by atoms with Crippen molar-refractivity contribution in [1.29, 1.82) is 0 Å². The summed E-state index contributed by atoms with van der Waals surface area (Å²) in [6.07, 6.45) is 3.09. The molecule has 0 aromatic heterocycles. The number of hydrogen-bond donors (Lipinski definition) is 4. The van der Waals surface area contributed by atoms with E-state index in [9.17, 15) is 28.8 Å². The minimum absolute atomic E-state index is 0.0110. The van der Waals surface area contributed by atoms with Gasteiger partial charge in [0.1, 0.15) is 18.1 Å². The number of carbonyl (C=O) groups excluding carboxylic acids is 6. The molecule has 1 saturated carbocycles. The zero-order valence-corrected chi connectivity index (χ0v) is 28.2. The predicted molar refractivity (Wildman–Crippen MR) is 166 cm³/mol. The lowest BCUT2D eigenvalue weighted by Gasteiger charge is -2.37. The van der Waals surface area contributed by atoms with E-state index in [0.29, 0.717) is 30.8 Å². The summed E-state index contributed by atoms with van der Waals surface area (Å²) in [6, 6.07) is -3.24. The molecule has 1 unspecified atom stereocenters. The normalized spacial score (nSPS) is 21.0. The third-order valence-corrected chi connectivity index (χ3v) is 9.21. The van der Waals surface area contributed by atoms with E-state index < -0.39 is 57.8 Å². The maximum absolute atomic E-state index is 14.2. The van der Waals surface area contributed by atoms with E-state index in [2.05, 4.69) is 36.1 Å². The zero-order chi connectivity index (χ0) is 33.0. The highest BCUT2D eigenvalue weighted by atomic mass is 32.2. The van der Waals surface area contributed by atoms with Crippen molar-refractivity contribution in [3.63, 3.8) is 0 Å². The van der Waals surface area contributed by atoms with E-state index in [-0.39, 0.29) is 23.8 Å². The first-order chi connectivity index (χ1) is 19.7. The maximum atomic E-state index is 14.2. The molecule has 0 aromatic carbocycles. The number of urea groups is 1. The van der Waals surface area contributed by atoms with Gasteiger partial charge in [0, 0.05) is 31.6 Å². The van der Waals surface area contributed by atoms with Crippen molar-refractivity contribution < 1.29 is 28.8 Å². The first kappa shape index (κ1) is 36.4. The van der Waals surface area contributed by atoms with Crippen LogP contribution in [0.5, 0.6) is 0 Å². The number of rotatable bonds is 9. The average Bonchev–Trinajstić information content (AvgIpc) is 3.65. The first-order valence-corrected chi connectivity index (χ1v) is 16.0. The summed E-state index contributed by atoms with van der Waals surface area (Å²) in [7, 11) is 1.74. The molecule has 2 fully saturated rings. The number of primary amides is 1. The van der Waals surface area contributed by atoms with Crippen molar-refractivity contribution in [3.8, 4) is 0 Å². The SMILES string of the molecule is CCC(C(C)C)[C@@H]1C[C@@H](C(=O)NSC(=O)C(N)=O)N(C(=O)[C@@H](NC(=O)N[C@H](C(=O)N(C)C2CC2)C(C)(C)C)C(C)(C)C)C1. The monoisotopic (exact) mass is 624 g/mol. The maximum Gasteiger partial charge on any atom is 0.316 e. The number of amides is 6. The van der Waals surface area contributed by atoms with Crippen LogP contribution in [-0.4, -0.2) is 82.3 Å². The molecule has 12 nitrogen and oxygen atoms in total. The smallest absolute Gasteiger partial charge is 0.316 e. The Bertz CT molecular complexity index is 1080. The number of carbonyl (C=O) groups is 6. The van der Waals surface area contributed by atoms with Gasteiger partial charge in [-0.3, -0.25) is 28.7 Å². The van der Waals surface area contributed by atoms with Crippen molar-refractivity contribution in [2.45, 2.75) is 112 Å². The highest BCUT2D eigenvalue weighted by molar-refractivity contribution is 8.14. The number of nitrogens with one attached hydrogen (secondary N) is 3. The van der Waals surface area contributed by atoms with Gasteiger partial charge in [-0.2, -0.15) is 0 Å². The topological polar surface area (TPSA) is 171 Å². The summed E-state index contributed by atoms with van der Waals surface area (Å²) in [4.78, 5) is 80.3. The number of likely N-dealkylation sites (tertiary alicyclic amines) is 1. The van der Waals surface area contributed by atoms with Gasteiger partial charge >= 0.3 is 6.03 Å². The second-order valence-corrected chi connectivity index (χ2v) is 15.2. The average molecular weight is 625 g/mol. The van der Waals surface area contributed by atoms with Gasteiger partial charge in [0.15, 0.2) is 0 Å². The van der Waals surface area contributed by atoms with Crippen LogP contribution in [0.1, 0.15) is 88.0 Å². The molecule has 0 bridgehead atoms. The van der Waals surface area contributed by atoms with Crippen LogP contribution in [0, 0.1) is 28.6 Å². The Balaban J connectivity index is 2.33. The van der Waals surface area contributed by atoms with Crippen LogP contribution in [0.15, 0.2) is 0 Å². The molecule has 1 aliphatic heterocycles. The summed E-state index contributed by atoms with van der Waals surface area (Å²) in [5.41, 5.74) is 3.68. The summed E-state index contributed by atoms with van der Waals surface area (Å²) in [6.45, 7) is 17.6. The molecular formula is C30H52N6O6S. The minimum Gasteiger partial charge on any atom is -0.362 e. The molecule has 244 valence electrons. The third-order valence-electron chi connectivity index (χ3n) is 8.52. The highest BCUT2D eigenvalue weighted by Crippen LogP contribution is 2.37. The predicted octanol–water partition coefficient (Wildman–Crippen LogP) is 2.41. The van der Waals surface area contributed by atoms with Crippen LogP contribution in [0.25, 0.3) is 0 Å². The lowest BCUT2D eigenvalue weighted by Crippen LogP contribution is -2.62. The molecular weight excluding hydrogens is 572 g/mol. The van der Waals surface area contributed by atoms with E-state index in [1.54, 1.807) is 11.9 Å². The fourth-order valence-corrected chi connectivity index (χ4v) is 6.28. The van der Waals surface area contributed by atoms with E-state index in [1.807, 2.05) is 41.5 Å². The van der Waals surface area contributed by atoms with Crippen LogP contribution < -0.4 is 21.1 Å². The summed E-state index contributed by atoms with van der Waals surface area (Å²) >= 11 is 0.293. The minimum atomic E-state index is -1.19. The molecule has 13 heteroatoms. The molecule has 1 heterocycles. The molecule has 1 saturated heterocycles. The van der Waals surface area contributed by atoms with Crippen molar-refractivity contribution >= 4 is 46.7 Å². The standard InChI is InChI=1S/C30H52N6O6S/c1-11-19(16(2)3)17-14-20(24(38)34-43-27(41)23(31)37)36(15-17)26(40)22(30(7,8)9)33-28(42)32-21(29(4,5)6)25(39)35(10)18-12-13-18/h16-22H,11-15H2,1-10H3,(H2,31,37)(H,34,38)(H2,32,33,42)/t17-,19?,20+,21-,22-/m1/s1. The second kappa shape index (κ2) is 14.3. The Morgan fingerprint density at radius 3 is 1.93 bits per heavy atom. The van der Waals surface area contributed by atoms with Crippen molar-refractivity contribution in [2.24, 2.45) is 34.3 Å². The van der Waals surface area contributed by atoms with Gasteiger partial charge in [-0.1, -0.05) is 68.7 Å². The molecule has 0 aromatic rings. The van der Waals surface area contributed by atoms with Gasteiger partial charge in [0.2, 0.25) is 11.8 Å². The lowest BCUT2D eigenvalue weighted by atomic mass is 9.80.